The minimum absolute atomic E-state index is 0.212. The summed E-state index contributed by atoms with van der Waals surface area (Å²) in [7, 11) is 0. The molecular formula is C12H14FN3O. The van der Waals surface area contributed by atoms with Crippen LogP contribution in [0.3, 0.4) is 0 Å². The van der Waals surface area contributed by atoms with Crippen LogP contribution in [0.5, 0.6) is 0 Å². The number of piperidine rings is 1. The maximum absolute atomic E-state index is 13.1. The van der Waals surface area contributed by atoms with Crippen LogP contribution in [-0.4, -0.2) is 24.1 Å². The summed E-state index contributed by atoms with van der Waals surface area (Å²) in [4.78, 5) is 2.15. The van der Waals surface area contributed by atoms with Gasteiger partial charge in [-0.1, -0.05) is 11.2 Å². The molecule has 0 spiro atoms. The van der Waals surface area contributed by atoms with Crippen LogP contribution in [0.15, 0.2) is 29.4 Å². The Morgan fingerprint density at radius 3 is 2.71 bits per heavy atom. The van der Waals surface area contributed by atoms with Gasteiger partial charge < -0.3 is 15.8 Å². The van der Waals surface area contributed by atoms with Crippen LogP contribution in [0.25, 0.3) is 0 Å². The second kappa shape index (κ2) is 3.61. The predicted octanol–water partition coefficient (Wildman–Crippen LogP) is 1.25. The highest BCUT2D eigenvalue weighted by Gasteiger charge is 2.57. The largest absolute Gasteiger partial charge is 0.409 e. The van der Waals surface area contributed by atoms with Gasteiger partial charge in [-0.3, -0.25) is 0 Å². The first kappa shape index (κ1) is 10.4. The zero-order valence-electron chi connectivity index (χ0n) is 9.25. The minimum Gasteiger partial charge on any atom is -0.409 e. The van der Waals surface area contributed by atoms with Gasteiger partial charge in [0.1, 0.15) is 11.7 Å². The van der Waals surface area contributed by atoms with Crippen molar-refractivity contribution in [3.63, 3.8) is 0 Å². The van der Waals surface area contributed by atoms with E-state index in [0.717, 1.165) is 18.8 Å². The number of anilines is 1. The SMILES string of the molecule is N/C(=N\O)C1C2CN(c3cccc(F)c3)CC21. The van der Waals surface area contributed by atoms with Gasteiger partial charge in [0, 0.05) is 24.7 Å². The van der Waals surface area contributed by atoms with Gasteiger partial charge in [0.25, 0.3) is 0 Å². The van der Waals surface area contributed by atoms with Crippen LogP contribution in [-0.2, 0) is 0 Å². The van der Waals surface area contributed by atoms with Gasteiger partial charge in [-0.2, -0.15) is 0 Å². The minimum atomic E-state index is -0.212. The predicted molar refractivity (Wildman–Crippen MR) is 62.5 cm³/mol. The van der Waals surface area contributed by atoms with Crippen molar-refractivity contribution in [2.45, 2.75) is 0 Å². The highest BCUT2D eigenvalue weighted by molar-refractivity contribution is 5.86. The average Bonchev–Trinajstić information content (AvgIpc) is 2.82. The van der Waals surface area contributed by atoms with E-state index < -0.39 is 0 Å². The van der Waals surface area contributed by atoms with Crippen LogP contribution in [0.2, 0.25) is 0 Å². The molecule has 1 saturated carbocycles. The lowest BCUT2D eigenvalue weighted by Gasteiger charge is -2.21. The number of fused-ring (bicyclic) bond motifs is 1. The second-order valence-corrected chi connectivity index (χ2v) is 4.76. The second-order valence-electron chi connectivity index (χ2n) is 4.76. The molecule has 90 valence electrons. The van der Waals surface area contributed by atoms with Gasteiger partial charge in [0.2, 0.25) is 0 Å². The summed E-state index contributed by atoms with van der Waals surface area (Å²) in [5, 5.41) is 11.7. The number of hydrogen-bond acceptors (Lipinski definition) is 3. The molecular weight excluding hydrogens is 221 g/mol. The van der Waals surface area contributed by atoms with Crippen LogP contribution < -0.4 is 10.6 Å². The fraction of sp³-hybridized carbons (Fsp3) is 0.417. The number of oxime groups is 1. The third-order valence-corrected chi connectivity index (χ3v) is 3.82. The molecule has 2 fully saturated rings. The van der Waals surface area contributed by atoms with E-state index in [2.05, 4.69) is 10.1 Å². The molecule has 1 aromatic rings. The van der Waals surface area contributed by atoms with Gasteiger partial charge in [0.05, 0.1) is 0 Å². The van der Waals surface area contributed by atoms with E-state index in [4.69, 9.17) is 10.9 Å². The fourth-order valence-electron chi connectivity index (χ4n) is 2.92. The van der Waals surface area contributed by atoms with E-state index in [1.807, 2.05) is 6.07 Å². The molecule has 0 radical (unpaired) electrons. The van der Waals surface area contributed by atoms with Gasteiger partial charge in [-0.15, -0.1) is 0 Å². The molecule has 1 saturated heterocycles. The van der Waals surface area contributed by atoms with E-state index in [-0.39, 0.29) is 11.7 Å². The average molecular weight is 235 g/mol. The molecule has 0 amide bonds. The van der Waals surface area contributed by atoms with E-state index >= 15 is 0 Å². The summed E-state index contributed by atoms with van der Waals surface area (Å²) in [6, 6.07) is 6.62. The number of amidine groups is 1. The monoisotopic (exact) mass is 235 g/mol. The summed E-state index contributed by atoms with van der Waals surface area (Å²) in [6.07, 6.45) is 0. The Labute approximate surface area is 98.5 Å². The third kappa shape index (κ3) is 1.62. The van der Waals surface area contributed by atoms with Gasteiger partial charge in [-0.05, 0) is 30.0 Å². The highest BCUT2D eigenvalue weighted by atomic mass is 19.1. The van der Waals surface area contributed by atoms with Crippen molar-refractivity contribution < 1.29 is 9.60 Å². The number of nitrogens with zero attached hydrogens (tertiary/aromatic N) is 2. The van der Waals surface area contributed by atoms with Crippen molar-refractivity contribution >= 4 is 11.5 Å². The Kier molecular flexibility index (Phi) is 2.21. The number of benzene rings is 1. The van der Waals surface area contributed by atoms with Crippen LogP contribution in [0.4, 0.5) is 10.1 Å². The summed E-state index contributed by atoms with van der Waals surface area (Å²) >= 11 is 0. The van der Waals surface area contributed by atoms with Crippen LogP contribution >= 0.6 is 0 Å². The van der Waals surface area contributed by atoms with E-state index in [0.29, 0.717) is 17.7 Å². The van der Waals surface area contributed by atoms with Gasteiger partial charge >= 0.3 is 0 Å². The molecule has 1 aliphatic heterocycles. The molecule has 5 heteroatoms. The number of nitrogens with two attached hydrogens (primary N) is 1. The lowest BCUT2D eigenvalue weighted by molar-refractivity contribution is 0.315. The molecule has 2 unspecified atom stereocenters. The van der Waals surface area contributed by atoms with Crippen molar-refractivity contribution in [3.05, 3.63) is 30.1 Å². The van der Waals surface area contributed by atoms with E-state index in [1.54, 1.807) is 12.1 Å². The molecule has 1 aliphatic carbocycles. The molecule has 3 rings (SSSR count). The summed E-state index contributed by atoms with van der Waals surface area (Å²) in [6.45, 7) is 1.71. The first-order valence-corrected chi connectivity index (χ1v) is 5.68. The van der Waals surface area contributed by atoms with Gasteiger partial charge in [0.15, 0.2) is 0 Å². The quantitative estimate of drug-likeness (QED) is 0.351. The topological polar surface area (TPSA) is 61.9 Å². The molecule has 0 aromatic heterocycles. The summed E-state index contributed by atoms with van der Waals surface area (Å²) in [5.74, 6) is 1.24. The standard InChI is InChI=1S/C12H14FN3O/c13-7-2-1-3-8(4-7)16-5-9-10(6-16)11(9)12(14)15-17/h1-4,9-11,17H,5-6H2,(H2,14,15). The zero-order chi connectivity index (χ0) is 12.0. The van der Waals surface area contributed by atoms with Crippen molar-refractivity contribution in [2.24, 2.45) is 28.6 Å². The van der Waals surface area contributed by atoms with Crippen molar-refractivity contribution in [3.8, 4) is 0 Å². The number of halogens is 1. The van der Waals surface area contributed by atoms with E-state index in [1.165, 1.54) is 6.07 Å². The zero-order valence-corrected chi connectivity index (χ0v) is 9.25. The first-order valence-electron chi connectivity index (χ1n) is 5.68. The van der Waals surface area contributed by atoms with Gasteiger partial charge in [-0.25, -0.2) is 4.39 Å². The van der Waals surface area contributed by atoms with E-state index in [9.17, 15) is 4.39 Å². The Morgan fingerprint density at radius 1 is 1.41 bits per heavy atom. The summed E-state index contributed by atoms with van der Waals surface area (Å²) < 4.78 is 13.1. The Bertz CT molecular complexity index is 465. The molecule has 2 atom stereocenters. The number of hydrogen-bond donors (Lipinski definition) is 2. The Morgan fingerprint density at radius 2 is 2.12 bits per heavy atom. The van der Waals surface area contributed by atoms with Crippen LogP contribution in [0.1, 0.15) is 0 Å². The number of rotatable bonds is 2. The Balaban J connectivity index is 1.69. The highest BCUT2D eigenvalue weighted by Crippen LogP contribution is 2.52. The molecule has 2 aliphatic rings. The smallest absolute Gasteiger partial charge is 0.142 e. The van der Waals surface area contributed by atoms with Crippen molar-refractivity contribution in [2.75, 3.05) is 18.0 Å². The third-order valence-electron chi connectivity index (χ3n) is 3.82. The normalized spacial score (nSPS) is 31.5. The maximum atomic E-state index is 13.1. The first-order chi connectivity index (χ1) is 8.20. The maximum Gasteiger partial charge on any atom is 0.142 e. The van der Waals surface area contributed by atoms with Crippen LogP contribution in [0, 0.1) is 23.6 Å². The molecule has 1 aromatic carbocycles. The van der Waals surface area contributed by atoms with Crippen molar-refractivity contribution in [1.29, 1.82) is 0 Å². The molecule has 17 heavy (non-hydrogen) atoms. The molecule has 0 bridgehead atoms. The lowest BCUT2D eigenvalue weighted by atomic mass is 10.2. The van der Waals surface area contributed by atoms with Crippen molar-refractivity contribution in [1.82, 2.24) is 0 Å². The molecule has 1 heterocycles. The molecule has 3 N–H and O–H groups in total. The lowest BCUT2D eigenvalue weighted by Crippen LogP contribution is -2.28. The molecule has 4 nitrogen and oxygen atoms in total. The fourth-order valence-corrected chi connectivity index (χ4v) is 2.92. The Hall–Kier alpha value is -1.78. The summed E-state index contributed by atoms with van der Waals surface area (Å²) in [5.41, 5.74) is 6.51.